The Morgan fingerprint density at radius 1 is 0.577 bits per heavy atom. The second-order valence-corrected chi connectivity index (χ2v) is 7.22. The van der Waals surface area contributed by atoms with Gasteiger partial charge in [0.2, 0.25) is 0 Å². The van der Waals surface area contributed by atoms with Crippen LogP contribution in [-0.4, -0.2) is 0 Å². The van der Waals surface area contributed by atoms with Crippen molar-refractivity contribution in [3.8, 4) is 33.4 Å². The van der Waals surface area contributed by atoms with Crippen LogP contribution in [0, 0.1) is 0 Å². The van der Waals surface area contributed by atoms with E-state index in [9.17, 15) is 0 Å². The highest BCUT2D eigenvalue weighted by molar-refractivity contribution is 9.11. The molecule has 0 saturated heterocycles. The van der Waals surface area contributed by atoms with Gasteiger partial charge >= 0.3 is 0 Å². The Morgan fingerprint density at radius 2 is 1.04 bits per heavy atom. The van der Waals surface area contributed by atoms with E-state index >= 15 is 0 Å². The van der Waals surface area contributed by atoms with Crippen LogP contribution in [0.3, 0.4) is 0 Å². The smallest absolute Gasteiger partial charge is 0.0622 e. The highest BCUT2D eigenvalue weighted by Crippen LogP contribution is 2.41. The van der Waals surface area contributed by atoms with Crippen molar-refractivity contribution < 1.29 is 13.7 Å². The van der Waals surface area contributed by atoms with Crippen LogP contribution in [-0.2, 0) is 0 Å². The van der Waals surface area contributed by atoms with E-state index in [-0.39, 0.29) is 22.3 Å². The van der Waals surface area contributed by atoms with Crippen molar-refractivity contribution in [2.24, 2.45) is 0 Å². The van der Waals surface area contributed by atoms with Crippen LogP contribution in [0.2, 0.25) is 0 Å². The first-order chi connectivity index (χ1) is 16.9. The molecule has 4 aromatic carbocycles. The van der Waals surface area contributed by atoms with Crippen molar-refractivity contribution >= 4 is 31.9 Å². The molecular formula is C24H16Br2. The second-order valence-electron chi connectivity index (χ2n) is 5.39. The highest BCUT2D eigenvalue weighted by Gasteiger charge is 2.14. The summed E-state index contributed by atoms with van der Waals surface area (Å²) in [6.07, 6.45) is 0. The van der Waals surface area contributed by atoms with E-state index in [1.165, 1.54) is 0 Å². The molecule has 0 aliphatic carbocycles. The van der Waals surface area contributed by atoms with Gasteiger partial charge in [-0.2, -0.15) is 0 Å². The summed E-state index contributed by atoms with van der Waals surface area (Å²) in [4.78, 5) is 0. The zero-order valence-corrected chi connectivity index (χ0v) is 16.4. The zero-order chi connectivity index (χ0) is 26.6. The van der Waals surface area contributed by atoms with Gasteiger partial charge in [0.25, 0.3) is 0 Å². The molecule has 0 spiro atoms. The van der Waals surface area contributed by atoms with Crippen LogP contribution < -0.4 is 0 Å². The molecule has 0 aliphatic heterocycles. The van der Waals surface area contributed by atoms with Crippen molar-refractivity contribution in [3.63, 3.8) is 0 Å². The summed E-state index contributed by atoms with van der Waals surface area (Å²) >= 11 is 6.90. The van der Waals surface area contributed by atoms with Gasteiger partial charge in [-0.15, -0.1) is 0 Å². The summed E-state index contributed by atoms with van der Waals surface area (Å²) in [6, 6.07) is 5.37. The lowest BCUT2D eigenvalue weighted by atomic mass is 9.88. The maximum atomic E-state index is 8.52. The average Bonchev–Trinajstić information content (AvgIpc) is 2.83. The Labute approximate surface area is 184 Å². The minimum Gasteiger partial charge on any atom is -0.0622 e. The predicted molar refractivity (Wildman–Crippen MR) is 118 cm³/mol. The molecule has 0 aliphatic rings. The monoisotopic (exact) mass is 472 g/mol. The van der Waals surface area contributed by atoms with E-state index in [1.807, 2.05) is 0 Å². The van der Waals surface area contributed by atoms with Gasteiger partial charge in [-0.3, -0.25) is 0 Å². The quantitative estimate of drug-likeness (QED) is 0.281. The molecule has 0 saturated carbocycles. The van der Waals surface area contributed by atoms with Gasteiger partial charge in [0, 0.05) is 8.95 Å². The molecule has 2 heteroatoms. The van der Waals surface area contributed by atoms with Gasteiger partial charge in [0.05, 0.1) is 13.7 Å². The molecule has 4 rings (SSSR count). The van der Waals surface area contributed by atoms with Crippen LogP contribution >= 0.6 is 31.9 Å². The third-order valence-electron chi connectivity index (χ3n) is 3.75. The molecule has 0 heterocycles. The van der Waals surface area contributed by atoms with Gasteiger partial charge < -0.3 is 0 Å². The first-order valence-electron chi connectivity index (χ1n) is 12.6. The first kappa shape index (κ1) is 9.16. The molecule has 26 heavy (non-hydrogen) atoms. The predicted octanol–water partition coefficient (Wildman–Crippen LogP) is 8.21. The van der Waals surface area contributed by atoms with E-state index in [0.717, 1.165) is 0 Å². The van der Waals surface area contributed by atoms with Crippen molar-refractivity contribution in [2.45, 2.75) is 0 Å². The molecule has 0 fully saturated rings. The molecule has 0 nitrogen and oxygen atoms in total. The number of halogens is 2. The van der Waals surface area contributed by atoms with E-state index < -0.39 is 60.4 Å². The maximum absolute atomic E-state index is 8.52. The van der Waals surface area contributed by atoms with Gasteiger partial charge in [-0.25, -0.2) is 0 Å². The number of hydrogen-bond acceptors (Lipinski definition) is 0. The molecule has 0 atom stereocenters. The Kier molecular flexibility index (Phi) is 2.68. The van der Waals surface area contributed by atoms with Gasteiger partial charge in [-0.1, -0.05) is 110 Å². The lowest BCUT2D eigenvalue weighted by molar-refractivity contribution is 1.53. The molecule has 0 N–H and O–H groups in total. The number of rotatable bonds is 3. The molecule has 4 aromatic rings. The first-order valence-corrected chi connectivity index (χ1v) is 9.19. The Balaban J connectivity index is 2.25. The summed E-state index contributed by atoms with van der Waals surface area (Å²) in [5, 5.41) is 0. The molecule has 126 valence electrons. The summed E-state index contributed by atoms with van der Waals surface area (Å²) in [5.74, 6) is 0. The van der Waals surface area contributed by atoms with E-state index in [0.29, 0.717) is 20.1 Å². The fraction of sp³-hybridized carbons (Fsp3) is 0. The summed E-state index contributed by atoms with van der Waals surface area (Å²) in [6.45, 7) is 0. The average molecular weight is 474 g/mol. The van der Waals surface area contributed by atoms with E-state index in [2.05, 4.69) is 31.9 Å². The molecule has 0 amide bonds. The normalized spacial score (nSPS) is 16.1. The van der Waals surface area contributed by atoms with Gasteiger partial charge in [0.1, 0.15) is 0 Å². The third kappa shape index (κ3) is 3.53. The maximum Gasteiger partial charge on any atom is 0.0629 e. The zero-order valence-electron chi connectivity index (χ0n) is 23.2. The van der Waals surface area contributed by atoms with Crippen LogP contribution in [0.4, 0.5) is 0 Å². The van der Waals surface area contributed by atoms with Gasteiger partial charge in [-0.05, 0) is 51.6 Å². The van der Waals surface area contributed by atoms with Crippen LogP contribution in [0.25, 0.3) is 33.4 Å². The fourth-order valence-electron chi connectivity index (χ4n) is 2.75. The Bertz CT molecular complexity index is 1400. The standard InChI is InChI=1S/C24H16Br2/c25-20-14-19(15-21(26)16-20)24-22(17-8-3-1-4-9-17)12-7-13-23(24)18-10-5-2-6-11-18/h1-16H/i1D,2D,3D,4D,5D,6D,8D,9D,10D,11D. The van der Waals surface area contributed by atoms with Crippen LogP contribution in [0.5, 0.6) is 0 Å². The van der Waals surface area contributed by atoms with Crippen LogP contribution in [0.15, 0.2) is 106 Å². The molecule has 0 aromatic heterocycles. The van der Waals surface area contributed by atoms with Crippen molar-refractivity contribution in [1.82, 2.24) is 0 Å². The molecule has 0 bridgehead atoms. The Hall–Kier alpha value is -2.16. The molecular weight excluding hydrogens is 448 g/mol. The second kappa shape index (κ2) is 7.61. The minimum atomic E-state index is -0.526. The van der Waals surface area contributed by atoms with Gasteiger partial charge in [0.15, 0.2) is 0 Å². The van der Waals surface area contributed by atoms with Crippen molar-refractivity contribution in [3.05, 3.63) is 106 Å². The van der Waals surface area contributed by atoms with Crippen molar-refractivity contribution in [1.29, 1.82) is 0 Å². The molecule has 0 radical (unpaired) electrons. The summed E-state index contributed by atoms with van der Waals surface area (Å²) in [5.41, 5.74) is 1.32. The van der Waals surface area contributed by atoms with E-state index in [4.69, 9.17) is 13.7 Å². The number of hydrogen-bond donors (Lipinski definition) is 0. The lowest BCUT2D eigenvalue weighted by Gasteiger charge is -2.17. The summed E-state index contributed by atoms with van der Waals surface area (Å²) in [7, 11) is 0. The fourth-order valence-corrected chi connectivity index (χ4v) is 4.04. The highest BCUT2D eigenvalue weighted by atomic mass is 79.9. The van der Waals surface area contributed by atoms with Crippen LogP contribution in [0.1, 0.15) is 13.7 Å². The SMILES string of the molecule is [2H]c1c([2H])c([2H])c(-c2cccc(-c3c([2H])c([2H])c([2H])c([2H])c3[2H])c2-c2cc(Br)cc(Br)c2)c([2H])c1[2H]. The Morgan fingerprint density at radius 3 is 1.50 bits per heavy atom. The number of benzene rings is 4. The minimum absolute atomic E-state index is 0.0543. The third-order valence-corrected chi connectivity index (χ3v) is 4.67. The summed E-state index contributed by atoms with van der Waals surface area (Å²) < 4.78 is 83.9. The molecule has 0 unspecified atom stereocenters. The van der Waals surface area contributed by atoms with Crippen molar-refractivity contribution in [2.75, 3.05) is 0 Å². The topological polar surface area (TPSA) is 0 Å². The lowest BCUT2D eigenvalue weighted by Crippen LogP contribution is -1.90. The van der Waals surface area contributed by atoms with E-state index in [1.54, 1.807) is 36.4 Å². The largest absolute Gasteiger partial charge is 0.0629 e.